The first-order valence-corrected chi connectivity index (χ1v) is 8.90. The number of hydrogen-bond acceptors (Lipinski definition) is 3. The standard InChI is InChI=1S/C21H28O3/c1-3-5-6-10-15-23-20-18(4-2)13-14-19(22)21(20)24-16-17-11-8-7-9-12-17/h7-9,11-14,22H,3-6,10,15-16H2,1-2H3. The van der Waals surface area contributed by atoms with Crippen molar-refractivity contribution in [2.75, 3.05) is 6.61 Å². The molecule has 0 unspecified atom stereocenters. The van der Waals surface area contributed by atoms with Gasteiger partial charge in [-0.25, -0.2) is 0 Å². The van der Waals surface area contributed by atoms with Crippen LogP contribution < -0.4 is 9.47 Å². The molecule has 3 nitrogen and oxygen atoms in total. The van der Waals surface area contributed by atoms with Crippen molar-refractivity contribution in [3.63, 3.8) is 0 Å². The molecular weight excluding hydrogens is 300 g/mol. The second-order valence-electron chi connectivity index (χ2n) is 5.94. The van der Waals surface area contributed by atoms with E-state index in [1.54, 1.807) is 6.07 Å². The third kappa shape index (κ3) is 5.19. The fraction of sp³-hybridized carbons (Fsp3) is 0.429. The number of hydrogen-bond donors (Lipinski definition) is 1. The van der Waals surface area contributed by atoms with Crippen LogP contribution in [0.25, 0.3) is 0 Å². The number of aromatic hydroxyl groups is 1. The number of rotatable bonds is 10. The molecule has 0 aliphatic heterocycles. The van der Waals surface area contributed by atoms with E-state index in [0.29, 0.717) is 24.7 Å². The molecule has 1 N–H and O–H groups in total. The Bertz CT molecular complexity index is 608. The van der Waals surface area contributed by atoms with Crippen molar-refractivity contribution in [2.24, 2.45) is 0 Å². The molecule has 130 valence electrons. The van der Waals surface area contributed by atoms with Gasteiger partial charge in [0, 0.05) is 0 Å². The second-order valence-corrected chi connectivity index (χ2v) is 5.94. The van der Waals surface area contributed by atoms with Crippen molar-refractivity contribution in [3.8, 4) is 17.2 Å². The summed E-state index contributed by atoms with van der Waals surface area (Å²) in [5.74, 6) is 1.27. The minimum absolute atomic E-state index is 0.131. The lowest BCUT2D eigenvalue weighted by Crippen LogP contribution is -2.04. The highest BCUT2D eigenvalue weighted by Gasteiger charge is 2.15. The van der Waals surface area contributed by atoms with E-state index in [1.807, 2.05) is 36.4 Å². The first kappa shape index (κ1) is 18.2. The lowest BCUT2D eigenvalue weighted by atomic mass is 10.1. The van der Waals surface area contributed by atoms with Crippen molar-refractivity contribution < 1.29 is 14.6 Å². The van der Waals surface area contributed by atoms with E-state index in [0.717, 1.165) is 30.4 Å². The zero-order valence-corrected chi connectivity index (χ0v) is 14.8. The topological polar surface area (TPSA) is 38.7 Å². The number of benzene rings is 2. The van der Waals surface area contributed by atoms with Gasteiger partial charge in [0.2, 0.25) is 5.75 Å². The monoisotopic (exact) mass is 328 g/mol. The van der Waals surface area contributed by atoms with Gasteiger partial charge in [-0.15, -0.1) is 0 Å². The molecule has 2 aromatic rings. The first-order chi connectivity index (χ1) is 11.8. The molecule has 2 aromatic carbocycles. The number of aryl methyl sites for hydroxylation is 1. The van der Waals surface area contributed by atoms with E-state index in [-0.39, 0.29) is 5.75 Å². The maximum absolute atomic E-state index is 10.2. The molecule has 0 atom stereocenters. The Morgan fingerprint density at radius 1 is 0.833 bits per heavy atom. The Labute approximate surface area is 145 Å². The quantitative estimate of drug-likeness (QED) is 0.586. The Balaban J connectivity index is 2.09. The molecule has 0 aliphatic carbocycles. The minimum atomic E-state index is 0.131. The van der Waals surface area contributed by atoms with Crippen LogP contribution in [0.2, 0.25) is 0 Å². The average Bonchev–Trinajstić information content (AvgIpc) is 2.62. The van der Waals surface area contributed by atoms with Gasteiger partial charge >= 0.3 is 0 Å². The van der Waals surface area contributed by atoms with Crippen LogP contribution in [-0.4, -0.2) is 11.7 Å². The van der Waals surface area contributed by atoms with Crippen LogP contribution in [0.4, 0.5) is 0 Å². The van der Waals surface area contributed by atoms with Gasteiger partial charge in [0.1, 0.15) is 6.61 Å². The van der Waals surface area contributed by atoms with Gasteiger partial charge in [-0.1, -0.05) is 69.5 Å². The number of phenolic OH excluding ortho intramolecular Hbond substituents is 1. The fourth-order valence-corrected chi connectivity index (χ4v) is 2.60. The summed E-state index contributed by atoms with van der Waals surface area (Å²) in [6, 6.07) is 13.5. The highest BCUT2D eigenvalue weighted by Crippen LogP contribution is 2.40. The maximum Gasteiger partial charge on any atom is 0.203 e. The number of unbranched alkanes of at least 4 members (excludes halogenated alkanes) is 3. The molecule has 0 aliphatic rings. The molecular formula is C21H28O3. The van der Waals surface area contributed by atoms with Gasteiger partial charge in [0.15, 0.2) is 11.5 Å². The summed E-state index contributed by atoms with van der Waals surface area (Å²) >= 11 is 0. The third-order valence-corrected chi connectivity index (χ3v) is 4.02. The van der Waals surface area contributed by atoms with Crippen molar-refractivity contribution >= 4 is 0 Å². The van der Waals surface area contributed by atoms with Crippen molar-refractivity contribution in [2.45, 2.75) is 52.6 Å². The SMILES string of the molecule is CCCCCCOc1c(CC)ccc(O)c1OCc1ccccc1. The largest absolute Gasteiger partial charge is 0.504 e. The van der Waals surface area contributed by atoms with Crippen molar-refractivity contribution in [1.82, 2.24) is 0 Å². The molecule has 0 fully saturated rings. The van der Waals surface area contributed by atoms with Crippen molar-refractivity contribution in [1.29, 1.82) is 0 Å². The maximum atomic E-state index is 10.2. The summed E-state index contributed by atoms with van der Waals surface area (Å²) in [5, 5.41) is 10.2. The van der Waals surface area contributed by atoms with Crippen LogP contribution >= 0.6 is 0 Å². The van der Waals surface area contributed by atoms with Gasteiger partial charge in [-0.05, 0) is 30.0 Å². The fourth-order valence-electron chi connectivity index (χ4n) is 2.60. The van der Waals surface area contributed by atoms with E-state index < -0.39 is 0 Å². The van der Waals surface area contributed by atoms with Crippen LogP contribution in [-0.2, 0) is 13.0 Å². The molecule has 0 aromatic heterocycles. The van der Waals surface area contributed by atoms with E-state index >= 15 is 0 Å². The molecule has 0 heterocycles. The predicted molar refractivity (Wildman–Crippen MR) is 97.9 cm³/mol. The van der Waals surface area contributed by atoms with Crippen LogP contribution in [0.15, 0.2) is 42.5 Å². The Morgan fingerprint density at radius 3 is 2.33 bits per heavy atom. The molecule has 2 rings (SSSR count). The Hall–Kier alpha value is -2.16. The summed E-state index contributed by atoms with van der Waals surface area (Å²) in [6.45, 7) is 5.34. The highest BCUT2D eigenvalue weighted by molar-refractivity contribution is 5.55. The third-order valence-electron chi connectivity index (χ3n) is 4.02. The van der Waals surface area contributed by atoms with E-state index in [2.05, 4.69) is 13.8 Å². The zero-order chi connectivity index (χ0) is 17.2. The molecule has 0 saturated heterocycles. The van der Waals surface area contributed by atoms with Gasteiger partial charge < -0.3 is 14.6 Å². The zero-order valence-electron chi connectivity index (χ0n) is 14.8. The predicted octanol–water partition coefficient (Wildman–Crippen LogP) is 5.49. The smallest absolute Gasteiger partial charge is 0.203 e. The van der Waals surface area contributed by atoms with E-state index in [4.69, 9.17) is 9.47 Å². The molecule has 0 amide bonds. The molecule has 0 saturated carbocycles. The molecule has 0 radical (unpaired) electrons. The minimum Gasteiger partial charge on any atom is -0.504 e. The summed E-state index contributed by atoms with van der Waals surface area (Å²) in [4.78, 5) is 0. The lowest BCUT2D eigenvalue weighted by molar-refractivity contribution is 0.245. The van der Waals surface area contributed by atoms with Gasteiger partial charge in [0.05, 0.1) is 6.61 Å². The summed E-state index contributed by atoms with van der Waals surface area (Å²) in [6.07, 6.45) is 5.45. The van der Waals surface area contributed by atoms with Crippen LogP contribution in [0.1, 0.15) is 50.7 Å². The van der Waals surface area contributed by atoms with Crippen LogP contribution in [0, 0.1) is 0 Å². The molecule has 0 bridgehead atoms. The highest BCUT2D eigenvalue weighted by atomic mass is 16.5. The summed E-state index contributed by atoms with van der Waals surface area (Å²) < 4.78 is 11.9. The molecule has 24 heavy (non-hydrogen) atoms. The van der Waals surface area contributed by atoms with E-state index in [1.165, 1.54) is 12.8 Å². The average molecular weight is 328 g/mol. The molecule has 3 heteroatoms. The van der Waals surface area contributed by atoms with Gasteiger partial charge in [0.25, 0.3) is 0 Å². The summed E-state index contributed by atoms with van der Waals surface area (Å²) in [5.41, 5.74) is 2.12. The molecule has 0 spiro atoms. The summed E-state index contributed by atoms with van der Waals surface area (Å²) in [7, 11) is 0. The van der Waals surface area contributed by atoms with Gasteiger partial charge in [-0.3, -0.25) is 0 Å². The van der Waals surface area contributed by atoms with Crippen LogP contribution in [0.5, 0.6) is 17.2 Å². The lowest BCUT2D eigenvalue weighted by Gasteiger charge is -2.17. The second kappa shape index (κ2) is 9.86. The first-order valence-electron chi connectivity index (χ1n) is 8.90. The van der Waals surface area contributed by atoms with Crippen molar-refractivity contribution in [3.05, 3.63) is 53.6 Å². The normalized spacial score (nSPS) is 10.6. The Kier molecular flexibility index (Phi) is 7.47. The number of ether oxygens (including phenoxy) is 2. The van der Waals surface area contributed by atoms with Gasteiger partial charge in [-0.2, -0.15) is 0 Å². The van der Waals surface area contributed by atoms with E-state index in [9.17, 15) is 5.11 Å². The Morgan fingerprint density at radius 2 is 1.62 bits per heavy atom. The number of phenols is 1. The van der Waals surface area contributed by atoms with Crippen LogP contribution in [0.3, 0.4) is 0 Å².